The summed E-state index contributed by atoms with van der Waals surface area (Å²) in [6, 6.07) is 15.1. The molecule has 0 aliphatic rings. The number of halogens is 3. The predicted octanol–water partition coefficient (Wildman–Crippen LogP) is 7.19. The van der Waals surface area contributed by atoms with Gasteiger partial charge in [0.25, 0.3) is 5.69 Å². The Morgan fingerprint density at radius 1 is 1.03 bits per heavy atom. The van der Waals surface area contributed by atoms with Crippen LogP contribution in [0.25, 0.3) is 0 Å². The number of benzene rings is 3. The normalized spacial score (nSPS) is 10.9. The zero-order valence-corrected chi connectivity index (χ0v) is 20.6. The number of non-ortho nitro benzene ring substituents is 1. The van der Waals surface area contributed by atoms with Crippen molar-refractivity contribution in [2.45, 2.75) is 20.1 Å². The Kier molecular flexibility index (Phi) is 8.94. The van der Waals surface area contributed by atoms with E-state index in [0.717, 1.165) is 5.56 Å². The van der Waals surface area contributed by atoms with Crippen LogP contribution in [-0.2, 0) is 18.1 Å². The van der Waals surface area contributed by atoms with Gasteiger partial charge in [-0.15, -0.1) is 0 Å². The molecular formula is C23H19BrCl2N2O5. The highest BCUT2D eigenvalue weighted by Crippen LogP contribution is 2.37. The number of hydrogen-bond donors (Lipinski definition) is 0. The van der Waals surface area contributed by atoms with Crippen LogP contribution in [0.5, 0.6) is 11.5 Å². The Bertz CT molecular complexity index is 1170. The van der Waals surface area contributed by atoms with Crippen LogP contribution in [0.1, 0.15) is 23.6 Å². The van der Waals surface area contributed by atoms with Crippen LogP contribution in [0, 0.1) is 10.1 Å². The molecule has 0 radical (unpaired) electrons. The fourth-order valence-electron chi connectivity index (χ4n) is 2.82. The molecule has 7 nitrogen and oxygen atoms in total. The molecule has 0 unspecified atom stereocenters. The van der Waals surface area contributed by atoms with Crippen LogP contribution in [0.4, 0.5) is 5.69 Å². The minimum absolute atomic E-state index is 0.00169. The summed E-state index contributed by atoms with van der Waals surface area (Å²) in [5, 5.41) is 15.8. The van der Waals surface area contributed by atoms with E-state index in [9.17, 15) is 10.1 Å². The smallest absolute Gasteiger partial charge is 0.269 e. The van der Waals surface area contributed by atoms with Crippen LogP contribution in [0.15, 0.2) is 64.2 Å². The van der Waals surface area contributed by atoms with E-state index in [0.29, 0.717) is 43.8 Å². The Morgan fingerprint density at radius 3 is 2.55 bits per heavy atom. The monoisotopic (exact) mass is 552 g/mol. The average Bonchev–Trinajstić information content (AvgIpc) is 2.79. The summed E-state index contributed by atoms with van der Waals surface area (Å²) in [5.41, 5.74) is 2.22. The first-order valence-electron chi connectivity index (χ1n) is 9.79. The molecular weight excluding hydrogens is 535 g/mol. The quantitative estimate of drug-likeness (QED) is 0.151. The predicted molar refractivity (Wildman–Crippen MR) is 132 cm³/mol. The summed E-state index contributed by atoms with van der Waals surface area (Å²) in [6.07, 6.45) is 1.52. The first-order chi connectivity index (χ1) is 15.9. The van der Waals surface area contributed by atoms with Gasteiger partial charge in [0.05, 0.1) is 32.3 Å². The van der Waals surface area contributed by atoms with Crippen LogP contribution >= 0.6 is 39.1 Å². The fraction of sp³-hybridized carbons (Fsp3) is 0.174. The maximum Gasteiger partial charge on any atom is 0.269 e. The minimum Gasteiger partial charge on any atom is -0.490 e. The molecule has 0 aliphatic carbocycles. The second-order valence-electron chi connectivity index (χ2n) is 6.74. The molecule has 0 atom stereocenters. The van der Waals surface area contributed by atoms with Gasteiger partial charge in [-0.3, -0.25) is 10.1 Å². The number of ether oxygens (including phenoxy) is 2. The lowest BCUT2D eigenvalue weighted by molar-refractivity contribution is -0.384. The molecule has 0 saturated heterocycles. The van der Waals surface area contributed by atoms with Crippen LogP contribution in [0.2, 0.25) is 10.0 Å². The van der Waals surface area contributed by atoms with Crippen molar-refractivity contribution in [2.75, 3.05) is 6.61 Å². The Morgan fingerprint density at radius 2 is 1.82 bits per heavy atom. The second-order valence-corrected chi connectivity index (χ2v) is 8.40. The van der Waals surface area contributed by atoms with E-state index in [1.54, 1.807) is 30.3 Å². The summed E-state index contributed by atoms with van der Waals surface area (Å²) in [4.78, 5) is 15.7. The molecule has 33 heavy (non-hydrogen) atoms. The van der Waals surface area contributed by atoms with E-state index < -0.39 is 4.92 Å². The van der Waals surface area contributed by atoms with Gasteiger partial charge in [0, 0.05) is 17.7 Å². The molecule has 0 fully saturated rings. The Hall–Kier alpha value is -2.81. The molecule has 3 rings (SSSR count). The van der Waals surface area contributed by atoms with Crippen molar-refractivity contribution in [1.82, 2.24) is 0 Å². The molecule has 0 aromatic heterocycles. The van der Waals surface area contributed by atoms with Crippen molar-refractivity contribution in [3.63, 3.8) is 0 Å². The lowest BCUT2D eigenvalue weighted by Gasteiger charge is -2.15. The first-order valence-corrected chi connectivity index (χ1v) is 11.3. The van der Waals surface area contributed by atoms with Gasteiger partial charge in [-0.1, -0.05) is 46.6 Å². The summed E-state index contributed by atoms with van der Waals surface area (Å²) >= 11 is 15.6. The van der Waals surface area contributed by atoms with Crippen molar-refractivity contribution in [3.8, 4) is 11.5 Å². The Balaban J connectivity index is 1.68. The highest BCUT2D eigenvalue weighted by molar-refractivity contribution is 9.10. The molecule has 0 amide bonds. The van der Waals surface area contributed by atoms with Gasteiger partial charge in [-0.2, -0.15) is 0 Å². The minimum atomic E-state index is -0.454. The molecule has 0 heterocycles. The lowest BCUT2D eigenvalue weighted by atomic mass is 10.2. The largest absolute Gasteiger partial charge is 0.490 e. The van der Waals surface area contributed by atoms with Crippen molar-refractivity contribution in [2.24, 2.45) is 5.16 Å². The third kappa shape index (κ3) is 7.08. The maximum absolute atomic E-state index is 10.9. The van der Waals surface area contributed by atoms with E-state index in [1.807, 2.05) is 19.1 Å². The molecule has 0 aliphatic heterocycles. The van der Waals surface area contributed by atoms with Crippen molar-refractivity contribution < 1.29 is 19.2 Å². The SMILES string of the molecule is CCOc1cc(/C=N\OCc2cccc([N+](=O)[O-])c2)cc(Br)c1OCc1ccc(Cl)c(Cl)c1. The van der Waals surface area contributed by atoms with Gasteiger partial charge < -0.3 is 14.3 Å². The number of nitro benzene ring substituents is 1. The zero-order valence-electron chi connectivity index (χ0n) is 17.5. The summed E-state index contributed by atoms with van der Waals surface area (Å²) < 4.78 is 12.4. The molecule has 10 heteroatoms. The van der Waals surface area contributed by atoms with Crippen molar-refractivity contribution in [3.05, 3.63) is 95.9 Å². The third-order valence-electron chi connectivity index (χ3n) is 4.33. The van der Waals surface area contributed by atoms with Gasteiger partial charge in [0.2, 0.25) is 0 Å². The number of oxime groups is 1. The molecule has 0 bridgehead atoms. The topological polar surface area (TPSA) is 83.2 Å². The number of rotatable bonds is 10. The van der Waals surface area contributed by atoms with Crippen LogP contribution in [-0.4, -0.2) is 17.7 Å². The molecule has 0 spiro atoms. The summed E-state index contributed by atoms with van der Waals surface area (Å²) in [6.45, 7) is 2.69. The zero-order chi connectivity index (χ0) is 23.8. The third-order valence-corrected chi connectivity index (χ3v) is 5.66. The maximum atomic E-state index is 10.9. The van der Waals surface area contributed by atoms with Gasteiger partial charge >= 0.3 is 0 Å². The van der Waals surface area contributed by atoms with E-state index >= 15 is 0 Å². The molecule has 0 saturated carbocycles. The van der Waals surface area contributed by atoms with E-state index in [1.165, 1.54) is 18.3 Å². The van der Waals surface area contributed by atoms with E-state index in [2.05, 4.69) is 21.1 Å². The number of nitrogens with zero attached hydrogens (tertiary/aromatic N) is 2. The first kappa shape index (κ1) is 24.8. The number of hydrogen-bond acceptors (Lipinski definition) is 6. The van der Waals surface area contributed by atoms with Crippen molar-refractivity contribution in [1.29, 1.82) is 0 Å². The fourth-order valence-corrected chi connectivity index (χ4v) is 3.72. The van der Waals surface area contributed by atoms with Gasteiger partial charge in [-0.05, 0) is 58.2 Å². The van der Waals surface area contributed by atoms with Crippen LogP contribution in [0.3, 0.4) is 0 Å². The molecule has 0 N–H and O–H groups in total. The van der Waals surface area contributed by atoms with Gasteiger partial charge in [0.1, 0.15) is 13.2 Å². The van der Waals surface area contributed by atoms with E-state index in [-0.39, 0.29) is 18.9 Å². The van der Waals surface area contributed by atoms with E-state index in [4.69, 9.17) is 37.5 Å². The van der Waals surface area contributed by atoms with Crippen molar-refractivity contribution >= 4 is 51.0 Å². The lowest BCUT2D eigenvalue weighted by Crippen LogP contribution is -2.01. The summed E-state index contributed by atoms with van der Waals surface area (Å²) in [7, 11) is 0. The van der Waals surface area contributed by atoms with Gasteiger partial charge in [0.15, 0.2) is 11.5 Å². The highest BCUT2D eigenvalue weighted by atomic mass is 79.9. The second kappa shape index (κ2) is 11.9. The summed E-state index contributed by atoms with van der Waals surface area (Å²) in [5.74, 6) is 1.07. The van der Waals surface area contributed by atoms with Crippen LogP contribution < -0.4 is 9.47 Å². The average molecular weight is 554 g/mol. The Labute approximate surface area is 209 Å². The molecule has 3 aromatic carbocycles. The number of nitro groups is 1. The molecule has 172 valence electrons. The standard InChI is InChI=1S/C23H19BrCl2N2O5/c1-2-31-22-11-17(12-27-33-14-15-4-3-5-18(8-15)28(29)30)9-19(24)23(22)32-13-16-6-7-20(25)21(26)10-16/h3-12H,2,13-14H2,1H3/b27-12-. The molecule has 3 aromatic rings. The van der Waals surface area contributed by atoms with Gasteiger partial charge in [-0.25, -0.2) is 0 Å². The highest BCUT2D eigenvalue weighted by Gasteiger charge is 2.13.